The van der Waals surface area contributed by atoms with Crippen LogP contribution in [0.15, 0.2) is 18.2 Å². The van der Waals surface area contributed by atoms with Gasteiger partial charge >= 0.3 is 0 Å². The summed E-state index contributed by atoms with van der Waals surface area (Å²) in [7, 11) is 0. The van der Waals surface area contributed by atoms with Gasteiger partial charge in [0, 0.05) is 11.9 Å². The molecule has 1 heterocycles. The number of para-hydroxylation sites is 1. The van der Waals surface area contributed by atoms with Crippen LogP contribution in [0.25, 0.3) is 0 Å². The highest BCUT2D eigenvalue weighted by molar-refractivity contribution is 8.00. The van der Waals surface area contributed by atoms with E-state index >= 15 is 0 Å². The minimum atomic E-state index is -0.00917. The van der Waals surface area contributed by atoms with Crippen molar-refractivity contribution >= 4 is 29.0 Å². The number of nitrogens with two attached hydrogens (primary N) is 1. The molecule has 0 aromatic heterocycles. The standard InChI is InChI=1S/C14H20N2O2S/c1-9-4-3-5-11(15)14(9)16-13(17)8-19-12-6-7-18-10(12)2/h3-5,10,12H,6-8,15H2,1-2H3,(H,16,17). The molecule has 104 valence electrons. The molecule has 2 atom stereocenters. The number of rotatable bonds is 4. The van der Waals surface area contributed by atoms with Crippen molar-refractivity contribution in [2.75, 3.05) is 23.4 Å². The summed E-state index contributed by atoms with van der Waals surface area (Å²) in [5.74, 6) is 0.427. The lowest BCUT2D eigenvalue weighted by molar-refractivity contribution is -0.113. The van der Waals surface area contributed by atoms with Gasteiger partial charge in [-0.15, -0.1) is 11.8 Å². The maximum atomic E-state index is 12.0. The van der Waals surface area contributed by atoms with Crippen molar-refractivity contribution in [2.45, 2.75) is 31.6 Å². The number of carbonyl (C=O) groups is 1. The van der Waals surface area contributed by atoms with E-state index in [1.165, 1.54) is 0 Å². The first-order valence-electron chi connectivity index (χ1n) is 6.46. The molecule has 0 aliphatic carbocycles. The number of ether oxygens (including phenoxy) is 1. The summed E-state index contributed by atoms with van der Waals surface area (Å²) in [5, 5.41) is 3.31. The van der Waals surface area contributed by atoms with E-state index < -0.39 is 0 Å². The van der Waals surface area contributed by atoms with Crippen LogP contribution in [-0.4, -0.2) is 29.6 Å². The van der Waals surface area contributed by atoms with Crippen LogP contribution in [0.3, 0.4) is 0 Å². The quantitative estimate of drug-likeness (QED) is 0.831. The van der Waals surface area contributed by atoms with Crippen LogP contribution in [-0.2, 0) is 9.53 Å². The summed E-state index contributed by atoms with van der Waals surface area (Å²) in [5.41, 5.74) is 8.18. The number of thioether (sulfide) groups is 1. The van der Waals surface area contributed by atoms with Gasteiger partial charge in [0.25, 0.3) is 0 Å². The molecule has 19 heavy (non-hydrogen) atoms. The van der Waals surface area contributed by atoms with Gasteiger partial charge in [0.2, 0.25) is 5.91 Å². The second-order valence-electron chi connectivity index (χ2n) is 4.80. The summed E-state index contributed by atoms with van der Waals surface area (Å²) >= 11 is 1.65. The number of nitrogens with one attached hydrogen (secondary N) is 1. The molecule has 2 unspecified atom stereocenters. The molecular formula is C14H20N2O2S. The number of aryl methyl sites for hydroxylation is 1. The van der Waals surface area contributed by atoms with Gasteiger partial charge in [-0.2, -0.15) is 0 Å². The molecule has 0 bridgehead atoms. The highest BCUT2D eigenvalue weighted by atomic mass is 32.2. The number of nitrogen functional groups attached to an aromatic ring is 1. The van der Waals surface area contributed by atoms with Crippen LogP contribution >= 0.6 is 11.8 Å². The zero-order valence-corrected chi connectivity index (χ0v) is 12.1. The van der Waals surface area contributed by atoms with Gasteiger partial charge in [-0.25, -0.2) is 0 Å². The second-order valence-corrected chi connectivity index (χ2v) is 6.03. The predicted molar refractivity (Wildman–Crippen MR) is 80.5 cm³/mol. The lowest BCUT2D eigenvalue weighted by Crippen LogP contribution is -2.20. The van der Waals surface area contributed by atoms with Gasteiger partial charge < -0.3 is 15.8 Å². The molecule has 1 aliphatic rings. The highest BCUT2D eigenvalue weighted by Gasteiger charge is 2.25. The maximum Gasteiger partial charge on any atom is 0.234 e. The number of carbonyl (C=O) groups excluding carboxylic acids is 1. The van der Waals surface area contributed by atoms with Crippen molar-refractivity contribution in [1.82, 2.24) is 0 Å². The molecule has 1 aliphatic heterocycles. The Hall–Kier alpha value is -1.20. The molecule has 0 radical (unpaired) electrons. The first kappa shape index (κ1) is 14.2. The minimum Gasteiger partial charge on any atom is -0.397 e. The normalized spacial score (nSPS) is 22.4. The van der Waals surface area contributed by atoms with Gasteiger partial charge in [-0.1, -0.05) is 12.1 Å². The molecule has 1 amide bonds. The van der Waals surface area contributed by atoms with Gasteiger partial charge in [-0.05, 0) is 31.9 Å². The SMILES string of the molecule is Cc1cccc(N)c1NC(=O)CSC1CCOC1C. The third-order valence-corrected chi connectivity index (χ3v) is 4.78. The summed E-state index contributed by atoms with van der Waals surface area (Å²) in [6, 6.07) is 5.61. The summed E-state index contributed by atoms with van der Waals surface area (Å²) < 4.78 is 5.48. The predicted octanol–water partition coefficient (Wildman–Crippen LogP) is 2.43. The van der Waals surface area contributed by atoms with Crippen LogP contribution in [0.2, 0.25) is 0 Å². The van der Waals surface area contributed by atoms with E-state index in [4.69, 9.17) is 10.5 Å². The zero-order valence-electron chi connectivity index (χ0n) is 11.3. The van der Waals surface area contributed by atoms with E-state index in [2.05, 4.69) is 12.2 Å². The van der Waals surface area contributed by atoms with Crippen LogP contribution in [0.1, 0.15) is 18.9 Å². The fourth-order valence-electron chi connectivity index (χ4n) is 2.15. The molecule has 1 fully saturated rings. The molecule has 1 aromatic carbocycles. The van der Waals surface area contributed by atoms with Gasteiger partial charge in [-0.3, -0.25) is 4.79 Å². The third-order valence-electron chi connectivity index (χ3n) is 3.30. The lowest BCUT2D eigenvalue weighted by atomic mass is 10.1. The van der Waals surface area contributed by atoms with Crippen LogP contribution in [0.4, 0.5) is 11.4 Å². The average Bonchev–Trinajstić information content (AvgIpc) is 2.77. The largest absolute Gasteiger partial charge is 0.397 e. The first-order valence-corrected chi connectivity index (χ1v) is 7.51. The van der Waals surface area contributed by atoms with Crippen LogP contribution < -0.4 is 11.1 Å². The second kappa shape index (κ2) is 6.30. The maximum absolute atomic E-state index is 12.0. The molecule has 1 aromatic rings. The Morgan fingerprint density at radius 3 is 3.00 bits per heavy atom. The first-order chi connectivity index (χ1) is 9.08. The number of amides is 1. The van der Waals surface area contributed by atoms with Crippen molar-refractivity contribution in [1.29, 1.82) is 0 Å². The Labute approximate surface area is 118 Å². The molecular weight excluding hydrogens is 260 g/mol. The number of anilines is 2. The molecule has 2 rings (SSSR count). The Bertz CT molecular complexity index is 445. The Kier molecular flexibility index (Phi) is 4.71. The monoisotopic (exact) mass is 280 g/mol. The number of hydrogen-bond donors (Lipinski definition) is 2. The topological polar surface area (TPSA) is 64.3 Å². The van der Waals surface area contributed by atoms with Gasteiger partial charge in [0.05, 0.1) is 23.2 Å². The number of hydrogen-bond acceptors (Lipinski definition) is 4. The van der Waals surface area contributed by atoms with Gasteiger partial charge in [0.15, 0.2) is 0 Å². The third kappa shape index (κ3) is 3.64. The van der Waals surface area contributed by atoms with Crippen LogP contribution in [0, 0.1) is 6.92 Å². The van der Waals surface area contributed by atoms with Crippen molar-refractivity contribution in [3.8, 4) is 0 Å². The Morgan fingerprint density at radius 1 is 1.58 bits per heavy atom. The van der Waals surface area contributed by atoms with E-state index in [0.717, 1.165) is 24.3 Å². The van der Waals surface area contributed by atoms with E-state index in [0.29, 0.717) is 16.7 Å². The van der Waals surface area contributed by atoms with Crippen LogP contribution in [0.5, 0.6) is 0 Å². The Morgan fingerprint density at radius 2 is 2.37 bits per heavy atom. The van der Waals surface area contributed by atoms with Crippen molar-refractivity contribution in [2.24, 2.45) is 0 Å². The molecule has 4 nitrogen and oxygen atoms in total. The minimum absolute atomic E-state index is 0.00917. The molecule has 5 heteroatoms. The van der Waals surface area contributed by atoms with Crippen molar-refractivity contribution in [3.05, 3.63) is 23.8 Å². The van der Waals surface area contributed by atoms with Crippen molar-refractivity contribution in [3.63, 3.8) is 0 Å². The summed E-state index contributed by atoms with van der Waals surface area (Å²) in [6.07, 6.45) is 1.26. The summed E-state index contributed by atoms with van der Waals surface area (Å²) in [4.78, 5) is 12.0. The van der Waals surface area contributed by atoms with E-state index in [-0.39, 0.29) is 12.0 Å². The van der Waals surface area contributed by atoms with Crippen molar-refractivity contribution < 1.29 is 9.53 Å². The highest BCUT2D eigenvalue weighted by Crippen LogP contribution is 2.27. The van der Waals surface area contributed by atoms with Gasteiger partial charge in [0.1, 0.15) is 0 Å². The fraction of sp³-hybridized carbons (Fsp3) is 0.500. The molecule has 1 saturated heterocycles. The smallest absolute Gasteiger partial charge is 0.234 e. The van der Waals surface area contributed by atoms with E-state index in [9.17, 15) is 4.79 Å². The number of benzene rings is 1. The lowest BCUT2D eigenvalue weighted by Gasteiger charge is -2.14. The summed E-state index contributed by atoms with van der Waals surface area (Å²) in [6.45, 7) is 4.79. The van der Waals surface area contributed by atoms with E-state index in [1.54, 1.807) is 17.8 Å². The Balaban J connectivity index is 1.87. The fourth-order valence-corrected chi connectivity index (χ4v) is 3.20. The van der Waals surface area contributed by atoms with E-state index in [1.807, 2.05) is 19.1 Å². The average molecular weight is 280 g/mol. The molecule has 3 N–H and O–H groups in total. The molecule has 0 spiro atoms. The molecule has 0 saturated carbocycles. The zero-order chi connectivity index (χ0) is 13.8.